The first-order valence-corrected chi connectivity index (χ1v) is 6.26. The summed E-state index contributed by atoms with van der Waals surface area (Å²) in [5.41, 5.74) is -0.499. The van der Waals surface area contributed by atoms with Crippen LogP contribution in [-0.4, -0.2) is 29.7 Å². The van der Waals surface area contributed by atoms with Gasteiger partial charge in [-0.25, -0.2) is 0 Å². The molecule has 0 amide bonds. The molecule has 1 N–H and O–H groups in total. The van der Waals surface area contributed by atoms with E-state index in [4.69, 9.17) is 9.47 Å². The fourth-order valence-electron chi connectivity index (χ4n) is 3.78. The van der Waals surface area contributed by atoms with Crippen molar-refractivity contribution in [3.05, 3.63) is 0 Å². The van der Waals surface area contributed by atoms with Gasteiger partial charge in [0.2, 0.25) is 0 Å². The molecule has 1 spiro atoms. The summed E-state index contributed by atoms with van der Waals surface area (Å²) in [6, 6.07) is 0. The zero-order valence-electron chi connectivity index (χ0n) is 9.21. The van der Waals surface area contributed by atoms with Gasteiger partial charge in [-0.1, -0.05) is 12.8 Å². The average molecular weight is 212 g/mol. The van der Waals surface area contributed by atoms with Crippen LogP contribution in [0.5, 0.6) is 0 Å². The average Bonchev–Trinajstić information content (AvgIpc) is 2.67. The highest BCUT2D eigenvalue weighted by molar-refractivity contribution is 5.02. The molecule has 0 bridgehead atoms. The maximum absolute atomic E-state index is 10.7. The number of aliphatic hydroxyl groups is 1. The number of rotatable bonds is 0. The van der Waals surface area contributed by atoms with Crippen LogP contribution >= 0.6 is 0 Å². The molecule has 3 rings (SSSR count). The van der Waals surface area contributed by atoms with Gasteiger partial charge in [-0.2, -0.15) is 0 Å². The first-order chi connectivity index (χ1) is 7.25. The van der Waals surface area contributed by atoms with Gasteiger partial charge in [0.15, 0.2) is 5.79 Å². The Morgan fingerprint density at radius 3 is 2.47 bits per heavy atom. The predicted molar refractivity (Wildman–Crippen MR) is 55.4 cm³/mol. The third kappa shape index (κ3) is 1.44. The summed E-state index contributed by atoms with van der Waals surface area (Å²) in [5, 5.41) is 10.7. The maximum atomic E-state index is 10.7. The lowest BCUT2D eigenvalue weighted by Crippen LogP contribution is -2.57. The smallest absolute Gasteiger partial charge is 0.174 e. The fourth-order valence-corrected chi connectivity index (χ4v) is 3.78. The van der Waals surface area contributed by atoms with Gasteiger partial charge in [-0.3, -0.25) is 0 Å². The van der Waals surface area contributed by atoms with Crippen LogP contribution in [0.1, 0.15) is 44.9 Å². The van der Waals surface area contributed by atoms with Crippen LogP contribution in [0.25, 0.3) is 0 Å². The quantitative estimate of drug-likeness (QED) is 0.666. The Morgan fingerprint density at radius 2 is 1.67 bits per heavy atom. The van der Waals surface area contributed by atoms with Crippen LogP contribution < -0.4 is 0 Å². The first kappa shape index (κ1) is 10.1. The molecule has 1 heterocycles. The van der Waals surface area contributed by atoms with Gasteiger partial charge in [0.1, 0.15) is 0 Å². The molecule has 3 nitrogen and oxygen atoms in total. The lowest BCUT2D eigenvalue weighted by atomic mass is 9.64. The van der Waals surface area contributed by atoms with E-state index in [0.717, 1.165) is 38.5 Å². The van der Waals surface area contributed by atoms with E-state index in [1.165, 1.54) is 6.42 Å². The molecule has 0 aromatic rings. The lowest BCUT2D eigenvalue weighted by Gasteiger charge is -2.51. The fraction of sp³-hybridized carbons (Fsp3) is 1.00. The molecule has 3 aliphatic rings. The van der Waals surface area contributed by atoms with E-state index < -0.39 is 11.4 Å². The van der Waals surface area contributed by atoms with Gasteiger partial charge in [-0.05, 0) is 25.7 Å². The normalized spacial score (nSPS) is 44.2. The van der Waals surface area contributed by atoms with E-state index >= 15 is 0 Å². The molecule has 0 radical (unpaired) electrons. The second-order valence-electron chi connectivity index (χ2n) is 5.26. The summed E-state index contributed by atoms with van der Waals surface area (Å²) in [6.07, 6.45) is 7.31. The summed E-state index contributed by atoms with van der Waals surface area (Å²) >= 11 is 0. The van der Waals surface area contributed by atoms with Gasteiger partial charge in [0.05, 0.1) is 18.8 Å². The van der Waals surface area contributed by atoms with Crippen LogP contribution in [-0.2, 0) is 9.47 Å². The molecular weight excluding hydrogens is 192 g/mol. The van der Waals surface area contributed by atoms with Crippen LogP contribution in [0.4, 0.5) is 0 Å². The number of hydrogen-bond acceptors (Lipinski definition) is 3. The SMILES string of the molecule is O[C@]12CCCC[C@H]1C1(CCC2)OCCO1. The number of hydrogen-bond donors (Lipinski definition) is 1. The Hall–Kier alpha value is -0.120. The predicted octanol–water partition coefficient (Wildman–Crippen LogP) is 1.83. The zero-order valence-corrected chi connectivity index (χ0v) is 9.21. The molecule has 0 aromatic carbocycles. The molecule has 3 heteroatoms. The van der Waals surface area contributed by atoms with Gasteiger partial charge >= 0.3 is 0 Å². The van der Waals surface area contributed by atoms with E-state index in [1.807, 2.05) is 0 Å². The van der Waals surface area contributed by atoms with Crippen molar-refractivity contribution in [2.75, 3.05) is 13.2 Å². The molecule has 15 heavy (non-hydrogen) atoms. The second-order valence-corrected chi connectivity index (χ2v) is 5.26. The highest BCUT2D eigenvalue weighted by atomic mass is 16.7. The summed E-state index contributed by atoms with van der Waals surface area (Å²) in [7, 11) is 0. The van der Waals surface area contributed by atoms with Crippen molar-refractivity contribution < 1.29 is 14.6 Å². The molecule has 1 aliphatic heterocycles. The molecule has 0 aromatic heterocycles. The van der Waals surface area contributed by atoms with Crippen molar-refractivity contribution in [2.45, 2.75) is 56.3 Å². The third-order valence-electron chi connectivity index (χ3n) is 4.44. The lowest BCUT2D eigenvalue weighted by molar-refractivity contribution is -0.271. The van der Waals surface area contributed by atoms with E-state index in [2.05, 4.69) is 0 Å². The van der Waals surface area contributed by atoms with Crippen molar-refractivity contribution in [3.8, 4) is 0 Å². The molecule has 3 fully saturated rings. The minimum Gasteiger partial charge on any atom is -0.389 e. The second kappa shape index (κ2) is 3.44. The highest BCUT2D eigenvalue weighted by Crippen LogP contribution is 2.51. The highest BCUT2D eigenvalue weighted by Gasteiger charge is 2.56. The van der Waals surface area contributed by atoms with E-state index in [-0.39, 0.29) is 5.92 Å². The summed E-state index contributed by atoms with van der Waals surface area (Å²) < 4.78 is 11.7. The van der Waals surface area contributed by atoms with E-state index in [9.17, 15) is 5.11 Å². The Labute approximate surface area is 90.8 Å². The Morgan fingerprint density at radius 1 is 0.933 bits per heavy atom. The monoisotopic (exact) mass is 212 g/mol. The van der Waals surface area contributed by atoms with Crippen LogP contribution in [0, 0.1) is 5.92 Å². The van der Waals surface area contributed by atoms with Gasteiger partial charge in [0, 0.05) is 12.3 Å². The minimum absolute atomic E-state index is 0.218. The van der Waals surface area contributed by atoms with Gasteiger partial charge in [-0.15, -0.1) is 0 Å². The molecule has 2 saturated carbocycles. The van der Waals surface area contributed by atoms with E-state index in [1.54, 1.807) is 0 Å². The van der Waals surface area contributed by atoms with Crippen molar-refractivity contribution in [1.82, 2.24) is 0 Å². The van der Waals surface area contributed by atoms with Gasteiger partial charge in [0.25, 0.3) is 0 Å². The van der Waals surface area contributed by atoms with Crippen molar-refractivity contribution in [1.29, 1.82) is 0 Å². The standard InChI is InChI=1S/C12H20O3/c13-11-5-2-1-4-10(11)12(7-3-6-11)14-8-9-15-12/h10,13H,1-9H2/t10-,11+/m1/s1. The molecular formula is C12H20O3. The first-order valence-electron chi connectivity index (χ1n) is 6.26. The van der Waals surface area contributed by atoms with Crippen LogP contribution in [0.2, 0.25) is 0 Å². The van der Waals surface area contributed by atoms with Crippen molar-refractivity contribution >= 4 is 0 Å². The largest absolute Gasteiger partial charge is 0.389 e. The van der Waals surface area contributed by atoms with E-state index in [0.29, 0.717) is 13.2 Å². The number of fused-ring (bicyclic) bond motifs is 2. The Kier molecular flexibility index (Phi) is 2.31. The Bertz CT molecular complexity index is 243. The summed E-state index contributed by atoms with van der Waals surface area (Å²) in [4.78, 5) is 0. The molecule has 0 unspecified atom stereocenters. The number of ether oxygens (including phenoxy) is 2. The Balaban J connectivity index is 1.89. The summed E-state index contributed by atoms with van der Waals surface area (Å²) in [6.45, 7) is 1.40. The summed E-state index contributed by atoms with van der Waals surface area (Å²) in [5.74, 6) is -0.206. The molecule has 2 atom stereocenters. The topological polar surface area (TPSA) is 38.7 Å². The van der Waals surface area contributed by atoms with Crippen LogP contribution in [0.3, 0.4) is 0 Å². The molecule has 2 aliphatic carbocycles. The van der Waals surface area contributed by atoms with Crippen LogP contribution in [0.15, 0.2) is 0 Å². The van der Waals surface area contributed by atoms with Crippen molar-refractivity contribution in [2.24, 2.45) is 5.92 Å². The molecule has 86 valence electrons. The maximum Gasteiger partial charge on any atom is 0.174 e. The molecule has 1 saturated heterocycles. The van der Waals surface area contributed by atoms with Crippen molar-refractivity contribution in [3.63, 3.8) is 0 Å². The minimum atomic E-state index is -0.499. The van der Waals surface area contributed by atoms with Gasteiger partial charge < -0.3 is 14.6 Å². The zero-order chi connectivity index (χ0) is 10.4. The third-order valence-corrected chi connectivity index (χ3v) is 4.44.